The van der Waals surface area contributed by atoms with Gasteiger partial charge in [0, 0.05) is 24.4 Å². The van der Waals surface area contributed by atoms with Crippen molar-refractivity contribution < 1.29 is 13.2 Å². The summed E-state index contributed by atoms with van der Waals surface area (Å²) >= 11 is 0. The molecule has 1 aliphatic rings. The monoisotopic (exact) mass is 344 g/mol. The van der Waals surface area contributed by atoms with Gasteiger partial charge in [0.05, 0.1) is 16.3 Å². The van der Waals surface area contributed by atoms with E-state index in [-0.39, 0.29) is 11.0 Å². The van der Waals surface area contributed by atoms with Crippen LogP contribution in [0.4, 0.5) is 0 Å². The van der Waals surface area contributed by atoms with Crippen LogP contribution in [0.5, 0.6) is 0 Å². The summed E-state index contributed by atoms with van der Waals surface area (Å²) in [6.07, 6.45) is 10.0. The summed E-state index contributed by atoms with van der Waals surface area (Å²) in [5, 5.41) is 3.76. The summed E-state index contributed by atoms with van der Waals surface area (Å²) in [5.74, 6) is -0.163. The zero-order valence-corrected chi connectivity index (χ0v) is 14.4. The normalized spacial score (nSPS) is 16.0. The molecule has 0 unspecified atom stereocenters. The highest BCUT2D eigenvalue weighted by atomic mass is 32.2. The molecule has 3 rings (SSSR count). The lowest BCUT2D eigenvalue weighted by Gasteiger charge is -2.11. The number of benzene rings is 1. The van der Waals surface area contributed by atoms with Crippen molar-refractivity contribution in [3.05, 3.63) is 53.9 Å². The molecule has 1 aliphatic carbocycles. The molecule has 0 amide bonds. The minimum atomic E-state index is -3.27. The standard InChI is InChI=1S/C18H20N2O3S/c1-20-13-14(12-19-20)6-11-18(21)15-7-9-17(10-8-15)24(22,23)16-4-2-3-5-16/h6-13,16H,2-5H2,1H3. The summed E-state index contributed by atoms with van der Waals surface area (Å²) < 4.78 is 26.7. The maximum Gasteiger partial charge on any atom is 0.185 e. The molecule has 1 heterocycles. The quantitative estimate of drug-likeness (QED) is 0.617. The van der Waals surface area contributed by atoms with Gasteiger partial charge >= 0.3 is 0 Å². The molecule has 1 saturated carbocycles. The van der Waals surface area contributed by atoms with Gasteiger partial charge in [-0.15, -0.1) is 0 Å². The van der Waals surface area contributed by atoms with Crippen molar-refractivity contribution in [3.63, 3.8) is 0 Å². The van der Waals surface area contributed by atoms with Gasteiger partial charge in [0.1, 0.15) is 0 Å². The summed E-state index contributed by atoms with van der Waals surface area (Å²) in [6, 6.07) is 6.24. The third kappa shape index (κ3) is 3.48. The van der Waals surface area contributed by atoms with Crippen LogP contribution in [-0.4, -0.2) is 29.2 Å². The molecule has 0 aliphatic heterocycles. The Hall–Kier alpha value is -2.21. The molecule has 0 atom stereocenters. The SMILES string of the molecule is Cn1cc(C=CC(=O)c2ccc(S(=O)(=O)C3CCCC3)cc2)cn1. The molecule has 2 aromatic rings. The van der Waals surface area contributed by atoms with E-state index in [9.17, 15) is 13.2 Å². The number of ketones is 1. The fourth-order valence-corrected chi connectivity index (χ4v) is 4.85. The number of nitrogens with zero attached hydrogens (tertiary/aromatic N) is 2. The van der Waals surface area contributed by atoms with Crippen LogP contribution in [0.15, 0.2) is 47.6 Å². The second-order valence-electron chi connectivity index (χ2n) is 6.12. The molecule has 1 fully saturated rings. The largest absolute Gasteiger partial charge is 0.289 e. The van der Waals surface area contributed by atoms with Gasteiger partial charge in [-0.25, -0.2) is 8.42 Å². The van der Waals surface area contributed by atoms with E-state index in [1.807, 2.05) is 7.05 Å². The van der Waals surface area contributed by atoms with Crippen LogP contribution in [0.1, 0.15) is 41.6 Å². The average molecular weight is 344 g/mol. The number of carbonyl (C=O) groups excluding carboxylic acids is 1. The van der Waals surface area contributed by atoms with Gasteiger partial charge in [-0.2, -0.15) is 5.10 Å². The molecule has 0 bridgehead atoms. The molecule has 6 heteroatoms. The predicted molar refractivity (Wildman–Crippen MR) is 92.5 cm³/mol. The summed E-state index contributed by atoms with van der Waals surface area (Å²) in [6.45, 7) is 0. The number of aromatic nitrogens is 2. The molecule has 126 valence electrons. The molecule has 1 aromatic heterocycles. The number of hydrogen-bond donors (Lipinski definition) is 0. The lowest BCUT2D eigenvalue weighted by Crippen LogP contribution is -2.17. The van der Waals surface area contributed by atoms with Crippen molar-refractivity contribution in [2.45, 2.75) is 35.8 Å². The third-order valence-electron chi connectivity index (χ3n) is 4.36. The first kappa shape index (κ1) is 16.6. The molecule has 0 radical (unpaired) electrons. The Kier molecular flexibility index (Phi) is 4.66. The Bertz CT molecular complexity index is 858. The first-order chi connectivity index (χ1) is 11.5. The van der Waals surface area contributed by atoms with Crippen molar-refractivity contribution in [3.8, 4) is 0 Å². The number of allylic oxidation sites excluding steroid dienone is 1. The first-order valence-corrected chi connectivity index (χ1v) is 9.56. The number of carbonyl (C=O) groups is 1. The van der Waals surface area contributed by atoms with E-state index in [1.54, 1.807) is 47.4 Å². The Labute approximate surface area is 141 Å². The van der Waals surface area contributed by atoms with Crippen molar-refractivity contribution in [1.82, 2.24) is 9.78 Å². The second kappa shape index (κ2) is 6.73. The number of hydrogen-bond acceptors (Lipinski definition) is 4. The number of rotatable bonds is 5. The molecule has 5 nitrogen and oxygen atoms in total. The van der Waals surface area contributed by atoms with Crippen LogP contribution in [0.25, 0.3) is 6.08 Å². The maximum absolute atomic E-state index is 12.5. The first-order valence-electron chi connectivity index (χ1n) is 8.02. The van der Waals surface area contributed by atoms with Crippen LogP contribution in [0.2, 0.25) is 0 Å². The van der Waals surface area contributed by atoms with Gasteiger partial charge in [0.15, 0.2) is 15.6 Å². The van der Waals surface area contributed by atoms with E-state index in [0.717, 1.165) is 31.2 Å². The van der Waals surface area contributed by atoms with E-state index in [0.29, 0.717) is 10.5 Å². The van der Waals surface area contributed by atoms with E-state index in [2.05, 4.69) is 5.10 Å². The second-order valence-corrected chi connectivity index (χ2v) is 8.35. The molecule has 24 heavy (non-hydrogen) atoms. The van der Waals surface area contributed by atoms with Gasteiger partial charge in [-0.1, -0.05) is 12.8 Å². The maximum atomic E-state index is 12.5. The average Bonchev–Trinajstić information content (AvgIpc) is 3.24. The zero-order chi connectivity index (χ0) is 17.2. The Morgan fingerprint density at radius 2 is 1.88 bits per heavy atom. The summed E-state index contributed by atoms with van der Waals surface area (Å²) in [4.78, 5) is 12.5. The van der Waals surface area contributed by atoms with Crippen LogP contribution < -0.4 is 0 Å². The Morgan fingerprint density at radius 3 is 2.46 bits per heavy atom. The molecule has 0 N–H and O–H groups in total. The van der Waals surface area contributed by atoms with Gasteiger partial charge in [-0.3, -0.25) is 9.48 Å². The minimum Gasteiger partial charge on any atom is -0.289 e. The van der Waals surface area contributed by atoms with Crippen molar-refractivity contribution >= 4 is 21.7 Å². The molecular weight excluding hydrogens is 324 g/mol. The molecule has 0 saturated heterocycles. The van der Waals surface area contributed by atoms with Gasteiger partial charge in [0.2, 0.25) is 0 Å². The minimum absolute atomic E-state index is 0.163. The lowest BCUT2D eigenvalue weighted by atomic mass is 10.1. The highest BCUT2D eigenvalue weighted by Gasteiger charge is 2.30. The van der Waals surface area contributed by atoms with Crippen molar-refractivity contribution in [1.29, 1.82) is 0 Å². The fraction of sp³-hybridized carbons (Fsp3) is 0.333. The molecule has 0 spiro atoms. The number of aryl methyl sites for hydroxylation is 1. The van der Waals surface area contributed by atoms with E-state index < -0.39 is 9.84 Å². The smallest absolute Gasteiger partial charge is 0.185 e. The molecular formula is C18H20N2O3S. The van der Waals surface area contributed by atoms with Crippen molar-refractivity contribution in [2.24, 2.45) is 7.05 Å². The fourth-order valence-electron chi connectivity index (χ4n) is 2.99. The van der Waals surface area contributed by atoms with Crippen LogP contribution in [0.3, 0.4) is 0 Å². The number of sulfone groups is 1. The van der Waals surface area contributed by atoms with Crippen LogP contribution >= 0.6 is 0 Å². The third-order valence-corrected chi connectivity index (χ3v) is 6.64. The highest BCUT2D eigenvalue weighted by Crippen LogP contribution is 2.29. The highest BCUT2D eigenvalue weighted by molar-refractivity contribution is 7.92. The van der Waals surface area contributed by atoms with E-state index >= 15 is 0 Å². The van der Waals surface area contributed by atoms with Crippen molar-refractivity contribution in [2.75, 3.05) is 0 Å². The van der Waals surface area contributed by atoms with Gasteiger partial charge in [-0.05, 0) is 49.3 Å². The summed E-state index contributed by atoms with van der Waals surface area (Å²) in [7, 11) is -1.47. The molecule has 1 aromatic carbocycles. The van der Waals surface area contributed by atoms with Gasteiger partial charge < -0.3 is 0 Å². The predicted octanol–water partition coefficient (Wildman–Crippen LogP) is 3.03. The topological polar surface area (TPSA) is 69.0 Å². The van der Waals surface area contributed by atoms with Crippen LogP contribution in [0, 0.1) is 0 Å². The zero-order valence-electron chi connectivity index (χ0n) is 13.6. The Morgan fingerprint density at radius 1 is 1.21 bits per heavy atom. The van der Waals surface area contributed by atoms with Crippen LogP contribution in [-0.2, 0) is 16.9 Å². The van der Waals surface area contributed by atoms with Gasteiger partial charge in [0.25, 0.3) is 0 Å². The van der Waals surface area contributed by atoms with E-state index in [1.165, 1.54) is 6.08 Å². The van der Waals surface area contributed by atoms with E-state index in [4.69, 9.17) is 0 Å². The lowest BCUT2D eigenvalue weighted by molar-refractivity contribution is 0.104. The Balaban J connectivity index is 1.74. The summed E-state index contributed by atoms with van der Waals surface area (Å²) in [5.41, 5.74) is 1.31.